The lowest BCUT2D eigenvalue weighted by atomic mass is 9.93. The molecule has 15 heavy (non-hydrogen) atoms. The molecule has 90 valence electrons. The molecule has 1 saturated heterocycles. The van der Waals surface area contributed by atoms with E-state index in [1.54, 1.807) is 0 Å². The van der Waals surface area contributed by atoms with Crippen molar-refractivity contribution in [3.63, 3.8) is 0 Å². The van der Waals surface area contributed by atoms with Gasteiger partial charge >= 0.3 is 0 Å². The highest BCUT2D eigenvalue weighted by atomic mass is 16.3. The molecule has 1 rings (SSSR count). The first-order chi connectivity index (χ1) is 7.27. The second kappa shape index (κ2) is 7.20. The normalized spacial score (nSPS) is 28.2. The van der Waals surface area contributed by atoms with Crippen LogP contribution in [0, 0.1) is 5.92 Å². The van der Waals surface area contributed by atoms with E-state index in [1.165, 1.54) is 25.9 Å². The molecule has 0 aromatic heterocycles. The van der Waals surface area contributed by atoms with Crippen LogP contribution in [0.15, 0.2) is 0 Å². The van der Waals surface area contributed by atoms with Crippen LogP contribution in [0.4, 0.5) is 0 Å². The molecule has 1 fully saturated rings. The highest BCUT2D eigenvalue weighted by Crippen LogP contribution is 2.16. The first-order valence-electron chi connectivity index (χ1n) is 6.34. The Balaban J connectivity index is 2.21. The quantitative estimate of drug-likeness (QED) is 0.694. The number of hydrogen-bond donors (Lipinski definition) is 2. The first kappa shape index (κ1) is 12.9. The zero-order valence-corrected chi connectivity index (χ0v) is 10.2. The molecule has 2 atom stereocenters. The SMILES string of the molecule is CCCNC1CCN(CCCO)CC1C. The minimum absolute atomic E-state index is 0.322. The molecule has 0 spiro atoms. The van der Waals surface area contributed by atoms with Crippen LogP contribution < -0.4 is 5.32 Å². The third-order valence-corrected chi connectivity index (χ3v) is 3.28. The van der Waals surface area contributed by atoms with Gasteiger partial charge in [0.1, 0.15) is 0 Å². The van der Waals surface area contributed by atoms with E-state index in [4.69, 9.17) is 5.11 Å². The van der Waals surface area contributed by atoms with E-state index in [1.807, 2.05) is 0 Å². The number of likely N-dealkylation sites (tertiary alicyclic amines) is 1. The van der Waals surface area contributed by atoms with Gasteiger partial charge in [0, 0.05) is 25.7 Å². The lowest BCUT2D eigenvalue weighted by Crippen LogP contribution is -2.48. The van der Waals surface area contributed by atoms with Gasteiger partial charge in [0.25, 0.3) is 0 Å². The van der Waals surface area contributed by atoms with Crippen LogP contribution in [-0.4, -0.2) is 48.8 Å². The Morgan fingerprint density at radius 2 is 2.27 bits per heavy atom. The molecule has 1 aliphatic heterocycles. The zero-order valence-electron chi connectivity index (χ0n) is 10.2. The average Bonchev–Trinajstić information content (AvgIpc) is 2.25. The predicted molar refractivity (Wildman–Crippen MR) is 64.0 cm³/mol. The van der Waals surface area contributed by atoms with Crippen molar-refractivity contribution >= 4 is 0 Å². The van der Waals surface area contributed by atoms with Crippen molar-refractivity contribution in [1.82, 2.24) is 10.2 Å². The molecule has 0 saturated carbocycles. The molecule has 0 aromatic rings. The Labute approximate surface area is 93.9 Å². The molecule has 0 radical (unpaired) electrons. The average molecular weight is 214 g/mol. The van der Waals surface area contributed by atoms with Crippen LogP contribution in [0.5, 0.6) is 0 Å². The number of nitrogens with zero attached hydrogens (tertiary/aromatic N) is 1. The Hall–Kier alpha value is -0.120. The van der Waals surface area contributed by atoms with Gasteiger partial charge in [-0.25, -0.2) is 0 Å². The molecule has 0 aromatic carbocycles. The van der Waals surface area contributed by atoms with Gasteiger partial charge in [-0.2, -0.15) is 0 Å². The monoisotopic (exact) mass is 214 g/mol. The standard InChI is InChI=1S/C12H26N2O/c1-3-6-13-12-5-8-14(7-4-9-15)10-11(12)2/h11-13,15H,3-10H2,1-2H3. The van der Waals surface area contributed by atoms with Gasteiger partial charge < -0.3 is 15.3 Å². The van der Waals surface area contributed by atoms with E-state index in [-0.39, 0.29) is 0 Å². The maximum atomic E-state index is 8.79. The summed E-state index contributed by atoms with van der Waals surface area (Å²) in [5, 5.41) is 12.4. The van der Waals surface area contributed by atoms with Crippen LogP contribution in [-0.2, 0) is 0 Å². The molecule has 3 nitrogen and oxygen atoms in total. The third-order valence-electron chi connectivity index (χ3n) is 3.28. The Kier molecular flexibility index (Phi) is 6.22. The molecule has 2 N–H and O–H groups in total. The summed E-state index contributed by atoms with van der Waals surface area (Å²) in [7, 11) is 0. The van der Waals surface area contributed by atoms with Crippen molar-refractivity contribution in [3.05, 3.63) is 0 Å². The lowest BCUT2D eigenvalue weighted by Gasteiger charge is -2.37. The topological polar surface area (TPSA) is 35.5 Å². The van der Waals surface area contributed by atoms with Gasteiger partial charge in [-0.3, -0.25) is 0 Å². The largest absolute Gasteiger partial charge is 0.396 e. The van der Waals surface area contributed by atoms with Crippen molar-refractivity contribution in [2.24, 2.45) is 5.92 Å². The molecule has 0 aliphatic carbocycles. The number of rotatable bonds is 6. The van der Waals surface area contributed by atoms with Crippen molar-refractivity contribution < 1.29 is 5.11 Å². The second-order valence-electron chi connectivity index (χ2n) is 4.70. The van der Waals surface area contributed by atoms with Crippen LogP contribution in [0.2, 0.25) is 0 Å². The van der Waals surface area contributed by atoms with E-state index >= 15 is 0 Å². The summed E-state index contributed by atoms with van der Waals surface area (Å²) in [5.74, 6) is 0.740. The van der Waals surface area contributed by atoms with E-state index in [0.717, 1.165) is 25.4 Å². The van der Waals surface area contributed by atoms with Crippen molar-refractivity contribution in [2.75, 3.05) is 32.8 Å². The molecule has 1 aliphatic rings. The van der Waals surface area contributed by atoms with Crippen LogP contribution in [0.25, 0.3) is 0 Å². The van der Waals surface area contributed by atoms with Gasteiger partial charge in [-0.15, -0.1) is 0 Å². The van der Waals surface area contributed by atoms with Crippen molar-refractivity contribution in [3.8, 4) is 0 Å². The lowest BCUT2D eigenvalue weighted by molar-refractivity contribution is 0.137. The molecule has 1 heterocycles. The summed E-state index contributed by atoms with van der Waals surface area (Å²) in [6.07, 6.45) is 3.39. The van der Waals surface area contributed by atoms with E-state index < -0.39 is 0 Å². The summed E-state index contributed by atoms with van der Waals surface area (Å²) in [4.78, 5) is 2.48. The Bertz CT molecular complexity index is 164. The fourth-order valence-corrected chi connectivity index (χ4v) is 2.36. The Morgan fingerprint density at radius 3 is 2.87 bits per heavy atom. The summed E-state index contributed by atoms with van der Waals surface area (Å²) in [6, 6.07) is 0.704. The van der Waals surface area contributed by atoms with Crippen LogP contribution in [0.3, 0.4) is 0 Å². The Morgan fingerprint density at radius 1 is 1.47 bits per heavy atom. The summed E-state index contributed by atoms with van der Waals surface area (Å²) in [5.41, 5.74) is 0. The third kappa shape index (κ3) is 4.49. The second-order valence-corrected chi connectivity index (χ2v) is 4.70. The highest BCUT2D eigenvalue weighted by molar-refractivity contribution is 4.82. The van der Waals surface area contributed by atoms with Crippen LogP contribution in [0.1, 0.15) is 33.1 Å². The molecule has 3 heteroatoms. The maximum Gasteiger partial charge on any atom is 0.0443 e. The minimum atomic E-state index is 0.322. The number of aliphatic hydroxyl groups excluding tert-OH is 1. The van der Waals surface area contributed by atoms with Gasteiger partial charge in [-0.1, -0.05) is 13.8 Å². The minimum Gasteiger partial charge on any atom is -0.396 e. The van der Waals surface area contributed by atoms with Gasteiger partial charge in [0.15, 0.2) is 0 Å². The highest BCUT2D eigenvalue weighted by Gasteiger charge is 2.24. The molecular formula is C12H26N2O. The molecular weight excluding hydrogens is 188 g/mol. The number of piperidine rings is 1. The van der Waals surface area contributed by atoms with Crippen LogP contribution >= 0.6 is 0 Å². The summed E-state index contributed by atoms with van der Waals surface area (Å²) in [6.45, 7) is 9.44. The van der Waals surface area contributed by atoms with E-state index in [2.05, 4.69) is 24.1 Å². The van der Waals surface area contributed by atoms with Gasteiger partial charge in [-0.05, 0) is 38.3 Å². The van der Waals surface area contributed by atoms with Crippen molar-refractivity contribution in [1.29, 1.82) is 0 Å². The van der Waals surface area contributed by atoms with E-state index in [9.17, 15) is 0 Å². The molecule has 0 bridgehead atoms. The number of nitrogens with one attached hydrogen (secondary N) is 1. The molecule has 0 amide bonds. The number of hydrogen-bond acceptors (Lipinski definition) is 3. The predicted octanol–water partition coefficient (Wildman–Crippen LogP) is 1.08. The summed E-state index contributed by atoms with van der Waals surface area (Å²) < 4.78 is 0. The number of aliphatic hydroxyl groups is 1. The maximum absolute atomic E-state index is 8.79. The van der Waals surface area contributed by atoms with Gasteiger partial charge in [0.05, 0.1) is 0 Å². The van der Waals surface area contributed by atoms with Crippen molar-refractivity contribution in [2.45, 2.75) is 39.2 Å². The fraction of sp³-hybridized carbons (Fsp3) is 1.00. The fourth-order valence-electron chi connectivity index (χ4n) is 2.36. The molecule has 2 unspecified atom stereocenters. The van der Waals surface area contributed by atoms with E-state index in [0.29, 0.717) is 12.6 Å². The van der Waals surface area contributed by atoms with Gasteiger partial charge in [0.2, 0.25) is 0 Å². The first-order valence-corrected chi connectivity index (χ1v) is 6.34. The zero-order chi connectivity index (χ0) is 11.1. The summed E-state index contributed by atoms with van der Waals surface area (Å²) >= 11 is 0. The smallest absolute Gasteiger partial charge is 0.0443 e.